The summed E-state index contributed by atoms with van der Waals surface area (Å²) < 4.78 is 5.74. The van der Waals surface area contributed by atoms with E-state index in [0.717, 1.165) is 27.8 Å². The topological polar surface area (TPSA) is 26.0 Å². The molecule has 3 rings (SSSR count). The van der Waals surface area contributed by atoms with Crippen molar-refractivity contribution in [3.05, 3.63) is 24.3 Å². The molecular formula is C14H17NOS2. The zero-order chi connectivity index (χ0) is 12.4. The van der Waals surface area contributed by atoms with Crippen molar-refractivity contribution in [1.29, 1.82) is 0 Å². The van der Waals surface area contributed by atoms with Crippen molar-refractivity contribution in [1.82, 2.24) is 4.98 Å². The molecule has 1 heterocycles. The second-order valence-corrected chi connectivity index (χ2v) is 6.34. The number of rotatable bonds is 4. The summed E-state index contributed by atoms with van der Waals surface area (Å²) in [5.41, 5.74) is 2.23. The molecule has 1 aliphatic carbocycles. The van der Waals surface area contributed by atoms with Crippen LogP contribution in [0.1, 0.15) is 25.7 Å². The summed E-state index contributed by atoms with van der Waals surface area (Å²) in [6, 6.07) is 7.93. The molecule has 18 heavy (non-hydrogen) atoms. The maximum absolute atomic E-state index is 5.74. The molecule has 4 heteroatoms. The lowest BCUT2D eigenvalue weighted by Gasteiger charge is -2.25. The van der Waals surface area contributed by atoms with Gasteiger partial charge >= 0.3 is 0 Å². The molecule has 2 aromatic rings. The molecular weight excluding hydrogens is 262 g/mol. The predicted molar refractivity (Wildman–Crippen MR) is 79.5 cm³/mol. The lowest BCUT2D eigenvalue weighted by atomic mass is 9.91. The summed E-state index contributed by atoms with van der Waals surface area (Å²) >= 11 is 6.27. The van der Waals surface area contributed by atoms with Crippen LogP contribution in [0, 0.1) is 5.41 Å². The van der Waals surface area contributed by atoms with Gasteiger partial charge in [-0.3, -0.25) is 0 Å². The van der Waals surface area contributed by atoms with Crippen LogP contribution in [0.3, 0.4) is 0 Å². The van der Waals surface area contributed by atoms with Gasteiger partial charge in [-0.1, -0.05) is 36.7 Å². The van der Waals surface area contributed by atoms with Crippen LogP contribution >= 0.6 is 24.4 Å². The summed E-state index contributed by atoms with van der Waals surface area (Å²) in [7, 11) is 0. The Labute approximate surface area is 117 Å². The van der Waals surface area contributed by atoms with Crippen LogP contribution in [-0.2, 0) is 0 Å². The molecule has 0 bridgehead atoms. The monoisotopic (exact) mass is 279 g/mol. The minimum Gasteiger partial charge on any atom is -0.431 e. The molecule has 0 amide bonds. The Morgan fingerprint density at radius 1 is 1.28 bits per heavy atom. The average Bonchev–Trinajstić information content (AvgIpc) is 3.03. The molecule has 0 N–H and O–H groups in total. The van der Waals surface area contributed by atoms with Crippen molar-refractivity contribution in [3.63, 3.8) is 0 Å². The Balaban J connectivity index is 1.72. The normalized spacial score (nSPS) is 18.5. The first-order valence-electron chi connectivity index (χ1n) is 6.41. The van der Waals surface area contributed by atoms with E-state index in [-0.39, 0.29) is 0 Å². The maximum Gasteiger partial charge on any atom is 0.256 e. The molecule has 0 spiro atoms. The summed E-state index contributed by atoms with van der Waals surface area (Å²) in [4.78, 5) is 4.51. The van der Waals surface area contributed by atoms with Gasteiger partial charge in [-0.2, -0.15) is 12.6 Å². The Morgan fingerprint density at radius 3 is 2.78 bits per heavy atom. The van der Waals surface area contributed by atoms with Gasteiger partial charge in [-0.05, 0) is 36.1 Å². The first-order chi connectivity index (χ1) is 8.81. The summed E-state index contributed by atoms with van der Waals surface area (Å²) in [6.07, 6.45) is 5.27. The molecule has 96 valence electrons. The van der Waals surface area contributed by atoms with Crippen molar-refractivity contribution < 1.29 is 4.42 Å². The van der Waals surface area contributed by atoms with Crippen molar-refractivity contribution >= 4 is 35.5 Å². The van der Waals surface area contributed by atoms with Crippen LogP contribution in [0.25, 0.3) is 11.1 Å². The smallest absolute Gasteiger partial charge is 0.256 e. The van der Waals surface area contributed by atoms with Gasteiger partial charge in [0.15, 0.2) is 5.58 Å². The van der Waals surface area contributed by atoms with Gasteiger partial charge in [0.1, 0.15) is 5.52 Å². The molecule has 1 aromatic heterocycles. The van der Waals surface area contributed by atoms with E-state index in [1.807, 2.05) is 24.3 Å². The fraction of sp³-hybridized carbons (Fsp3) is 0.500. The van der Waals surface area contributed by atoms with E-state index >= 15 is 0 Å². The Bertz CT molecular complexity index is 498. The number of fused-ring (bicyclic) bond motifs is 1. The van der Waals surface area contributed by atoms with Crippen molar-refractivity contribution in [2.75, 3.05) is 11.5 Å². The molecule has 1 aliphatic rings. The third-order valence-corrected chi connectivity index (χ3v) is 5.62. The van der Waals surface area contributed by atoms with Gasteiger partial charge in [0, 0.05) is 5.75 Å². The van der Waals surface area contributed by atoms with Gasteiger partial charge in [-0.25, -0.2) is 4.98 Å². The highest BCUT2D eigenvalue weighted by molar-refractivity contribution is 7.99. The van der Waals surface area contributed by atoms with E-state index < -0.39 is 0 Å². The molecule has 1 fully saturated rings. The van der Waals surface area contributed by atoms with Gasteiger partial charge in [0.05, 0.1) is 0 Å². The van der Waals surface area contributed by atoms with E-state index in [0.29, 0.717) is 5.41 Å². The summed E-state index contributed by atoms with van der Waals surface area (Å²) in [5, 5.41) is 0.796. The highest BCUT2D eigenvalue weighted by atomic mass is 32.2. The number of nitrogens with zero attached hydrogens (tertiary/aromatic N) is 1. The first kappa shape index (κ1) is 12.4. The molecule has 0 saturated heterocycles. The molecule has 1 aromatic carbocycles. The lowest BCUT2D eigenvalue weighted by molar-refractivity contribution is 0.400. The number of aromatic nitrogens is 1. The number of thiol groups is 1. The SMILES string of the molecule is SCC1(CSc2nc3ccccc3o2)CCCC1. The largest absolute Gasteiger partial charge is 0.431 e. The van der Waals surface area contributed by atoms with Crippen molar-refractivity contribution in [3.8, 4) is 0 Å². The maximum atomic E-state index is 5.74. The molecule has 0 unspecified atom stereocenters. The van der Waals surface area contributed by atoms with Gasteiger partial charge in [-0.15, -0.1) is 0 Å². The van der Waals surface area contributed by atoms with Crippen LogP contribution in [0.4, 0.5) is 0 Å². The van der Waals surface area contributed by atoms with E-state index in [2.05, 4.69) is 17.6 Å². The number of hydrogen-bond donors (Lipinski definition) is 1. The minimum atomic E-state index is 0.397. The fourth-order valence-corrected chi connectivity index (χ4v) is 4.31. The van der Waals surface area contributed by atoms with Crippen LogP contribution in [0.2, 0.25) is 0 Å². The zero-order valence-electron chi connectivity index (χ0n) is 10.3. The van der Waals surface area contributed by atoms with Gasteiger partial charge in [0.2, 0.25) is 0 Å². The predicted octanol–water partition coefficient (Wildman–Crippen LogP) is 4.41. The number of hydrogen-bond acceptors (Lipinski definition) is 4. The van der Waals surface area contributed by atoms with Gasteiger partial charge in [0.25, 0.3) is 5.22 Å². The van der Waals surface area contributed by atoms with Crippen LogP contribution in [0.5, 0.6) is 0 Å². The Morgan fingerprint density at radius 2 is 2.06 bits per heavy atom. The number of para-hydroxylation sites is 2. The summed E-state index contributed by atoms with van der Waals surface area (Å²) in [6.45, 7) is 0. The second kappa shape index (κ2) is 5.17. The zero-order valence-corrected chi connectivity index (χ0v) is 12.0. The molecule has 1 saturated carbocycles. The Kier molecular flexibility index (Phi) is 3.57. The van der Waals surface area contributed by atoms with E-state index in [9.17, 15) is 0 Å². The average molecular weight is 279 g/mol. The Hall–Kier alpha value is -0.610. The second-order valence-electron chi connectivity index (χ2n) is 5.10. The number of thioether (sulfide) groups is 1. The molecule has 0 aliphatic heterocycles. The molecule has 2 nitrogen and oxygen atoms in total. The van der Waals surface area contributed by atoms with Crippen molar-refractivity contribution in [2.45, 2.75) is 30.9 Å². The quantitative estimate of drug-likeness (QED) is 0.663. The minimum absolute atomic E-state index is 0.397. The standard InChI is InChI=1S/C14H17NOS2/c17-9-14(7-3-4-8-14)10-18-13-15-11-5-1-2-6-12(11)16-13/h1-2,5-6,17H,3-4,7-10H2. The van der Waals surface area contributed by atoms with Crippen LogP contribution in [-0.4, -0.2) is 16.5 Å². The third kappa shape index (κ3) is 2.41. The highest BCUT2D eigenvalue weighted by Gasteiger charge is 2.33. The molecule has 0 atom stereocenters. The lowest BCUT2D eigenvalue weighted by Crippen LogP contribution is -2.21. The van der Waals surface area contributed by atoms with E-state index in [4.69, 9.17) is 4.42 Å². The van der Waals surface area contributed by atoms with E-state index in [1.165, 1.54) is 25.7 Å². The van der Waals surface area contributed by atoms with Crippen LogP contribution < -0.4 is 0 Å². The van der Waals surface area contributed by atoms with Crippen molar-refractivity contribution in [2.24, 2.45) is 5.41 Å². The number of oxazole rings is 1. The van der Waals surface area contributed by atoms with Crippen LogP contribution in [0.15, 0.2) is 33.9 Å². The fourth-order valence-electron chi connectivity index (χ4n) is 2.60. The third-order valence-electron chi connectivity index (χ3n) is 3.78. The summed E-state index contributed by atoms with van der Waals surface area (Å²) in [5.74, 6) is 2.05. The van der Waals surface area contributed by atoms with E-state index in [1.54, 1.807) is 11.8 Å². The number of benzene rings is 1. The first-order valence-corrected chi connectivity index (χ1v) is 8.02. The highest BCUT2D eigenvalue weighted by Crippen LogP contribution is 2.43. The van der Waals surface area contributed by atoms with Gasteiger partial charge < -0.3 is 4.42 Å². The molecule has 0 radical (unpaired) electrons.